The summed E-state index contributed by atoms with van der Waals surface area (Å²) in [6.45, 7) is 13.3. The Morgan fingerprint density at radius 1 is 1.13 bits per heavy atom. The third kappa shape index (κ3) is 8.53. The van der Waals surface area contributed by atoms with Gasteiger partial charge in [0.15, 0.2) is 5.13 Å². The van der Waals surface area contributed by atoms with Crippen molar-refractivity contribution in [3.05, 3.63) is 42.3 Å². The number of benzene rings is 1. The fourth-order valence-electron chi connectivity index (χ4n) is 7.23. The molecule has 3 aliphatic rings. The number of ether oxygens (including phenoxy) is 3. The number of methoxy groups -OCH3 is 1. The van der Waals surface area contributed by atoms with Crippen LogP contribution < -0.4 is 25.4 Å². The molecular weight excluding hydrogens is 731 g/mol. The standard InChI is InChI=1S/C38H51N6O8PS/c1-8-22-18-38(22,53(48)49)43-33(45)30-16-25(19-44(30)34(46)32(37(4,5)6)42-36(47)52-23-11-9-10-12-23)51-31-17-28(29-20-54-35(41-29)39-21(2)3)40-27-15-24(50-7)13-14-26(27)31/h8,13-15,17,20-23,25,30,32,53H,1,9-12,16,18-19H2,2-7H3,(H,39,41)(H,42,47)(H,43,45)(H,48,49)/t22-,25-,30+,32-,38+/m1/s1. The maximum atomic E-state index is 14.6. The van der Waals surface area contributed by atoms with Gasteiger partial charge in [-0.3, -0.25) is 14.2 Å². The van der Waals surface area contributed by atoms with Crippen molar-refractivity contribution in [2.45, 2.75) is 109 Å². The highest BCUT2D eigenvalue weighted by Gasteiger charge is 2.59. The normalized spacial score (nSPS) is 23.9. The Balaban J connectivity index is 1.32. The first-order valence-corrected chi connectivity index (χ1v) is 20.7. The maximum Gasteiger partial charge on any atom is 0.408 e. The number of hydrogen-bond donors (Lipinski definition) is 4. The van der Waals surface area contributed by atoms with Gasteiger partial charge in [-0.2, -0.15) is 0 Å². The van der Waals surface area contributed by atoms with Crippen LogP contribution in [0.3, 0.4) is 0 Å². The Kier molecular flexibility index (Phi) is 11.6. The number of thiazole rings is 1. The van der Waals surface area contributed by atoms with E-state index in [1.807, 2.05) is 46.1 Å². The minimum atomic E-state index is -3.20. The molecule has 4 N–H and O–H groups in total. The molecule has 292 valence electrons. The van der Waals surface area contributed by atoms with E-state index in [-0.39, 0.29) is 37.5 Å². The first-order chi connectivity index (χ1) is 25.6. The molecule has 0 bridgehead atoms. The van der Waals surface area contributed by atoms with Crippen molar-refractivity contribution >= 4 is 53.3 Å². The van der Waals surface area contributed by atoms with Gasteiger partial charge in [-0.15, -0.1) is 17.9 Å². The molecule has 6 atom stereocenters. The quantitative estimate of drug-likeness (QED) is 0.116. The number of carbonyl (C=O) groups is 3. The second kappa shape index (κ2) is 15.9. The average Bonchev–Trinajstić information content (AvgIpc) is 3.53. The zero-order valence-electron chi connectivity index (χ0n) is 31.6. The molecule has 3 fully saturated rings. The second-order valence-electron chi connectivity index (χ2n) is 15.8. The molecule has 0 spiro atoms. The molecule has 1 unspecified atom stereocenters. The van der Waals surface area contributed by atoms with E-state index in [4.69, 9.17) is 24.2 Å². The van der Waals surface area contributed by atoms with Crippen molar-refractivity contribution in [2.24, 2.45) is 11.3 Å². The summed E-state index contributed by atoms with van der Waals surface area (Å²) in [5.74, 6) is -0.360. The summed E-state index contributed by atoms with van der Waals surface area (Å²) in [6, 6.07) is 5.32. The topological polar surface area (TPSA) is 181 Å². The van der Waals surface area contributed by atoms with E-state index in [1.165, 1.54) is 16.2 Å². The van der Waals surface area contributed by atoms with E-state index in [9.17, 15) is 23.8 Å². The molecule has 54 heavy (non-hydrogen) atoms. The number of aromatic nitrogens is 2. The van der Waals surface area contributed by atoms with E-state index in [2.05, 4.69) is 22.5 Å². The third-order valence-corrected chi connectivity index (χ3v) is 12.5. The van der Waals surface area contributed by atoms with Crippen LogP contribution in [0.5, 0.6) is 11.5 Å². The highest BCUT2D eigenvalue weighted by molar-refractivity contribution is 7.40. The minimum Gasteiger partial charge on any atom is -0.497 e. The van der Waals surface area contributed by atoms with E-state index in [1.54, 1.807) is 31.4 Å². The van der Waals surface area contributed by atoms with Gasteiger partial charge in [0.1, 0.15) is 46.8 Å². The van der Waals surface area contributed by atoms with Crippen LogP contribution in [-0.2, 0) is 18.9 Å². The fourth-order valence-corrected chi connectivity index (χ4v) is 9.14. The summed E-state index contributed by atoms with van der Waals surface area (Å²) in [5.41, 5.74) is 1.05. The van der Waals surface area contributed by atoms with Crippen molar-refractivity contribution in [3.8, 4) is 22.9 Å². The van der Waals surface area contributed by atoms with Crippen molar-refractivity contribution in [1.82, 2.24) is 25.5 Å². The molecule has 2 aromatic heterocycles. The molecule has 3 aromatic rings. The SMILES string of the molecule is C=C[C@@H]1C[C@]1(NC(=O)[C@@H]1C[C@@H](Oc2cc(-c3csc(NC(C)C)n3)nc3cc(OC)ccc23)CN1C(=O)[C@@H](NC(=O)OC1CCCC1)C(C)(C)C)[PH](=O)O. The minimum absolute atomic E-state index is 0.00348. The number of nitrogens with one attached hydrogen (secondary N) is 3. The van der Waals surface area contributed by atoms with Crippen LogP contribution in [-0.4, -0.2) is 86.9 Å². The lowest BCUT2D eigenvalue weighted by Crippen LogP contribution is -2.58. The first-order valence-electron chi connectivity index (χ1n) is 18.4. The Labute approximate surface area is 320 Å². The summed E-state index contributed by atoms with van der Waals surface area (Å²) < 4.78 is 30.4. The average molecular weight is 783 g/mol. The number of alkyl carbamates (subject to hydrolysis) is 1. The van der Waals surface area contributed by atoms with Gasteiger partial charge in [0.25, 0.3) is 0 Å². The first kappa shape index (κ1) is 39.5. The predicted octanol–water partition coefficient (Wildman–Crippen LogP) is 6.10. The molecule has 2 saturated carbocycles. The number of fused-ring (bicyclic) bond motifs is 1. The molecule has 1 aliphatic heterocycles. The number of hydrogen-bond acceptors (Lipinski definition) is 11. The molecule has 14 nitrogen and oxygen atoms in total. The Morgan fingerprint density at radius 3 is 2.50 bits per heavy atom. The predicted molar refractivity (Wildman–Crippen MR) is 208 cm³/mol. The lowest BCUT2D eigenvalue weighted by molar-refractivity contribution is -0.142. The summed E-state index contributed by atoms with van der Waals surface area (Å²) in [6.07, 6.45) is 3.83. The van der Waals surface area contributed by atoms with Crippen LogP contribution >= 0.6 is 19.4 Å². The van der Waals surface area contributed by atoms with Crippen molar-refractivity contribution in [3.63, 3.8) is 0 Å². The van der Waals surface area contributed by atoms with Gasteiger partial charge in [0, 0.05) is 41.3 Å². The number of pyridine rings is 1. The zero-order chi connectivity index (χ0) is 38.9. The van der Waals surface area contributed by atoms with Gasteiger partial charge >= 0.3 is 6.09 Å². The lowest BCUT2D eigenvalue weighted by atomic mass is 9.85. The summed E-state index contributed by atoms with van der Waals surface area (Å²) in [7, 11) is -1.63. The summed E-state index contributed by atoms with van der Waals surface area (Å²) in [4.78, 5) is 63.1. The summed E-state index contributed by atoms with van der Waals surface area (Å²) in [5, 5.41) is 11.0. The Bertz CT molecular complexity index is 1930. The molecule has 2 aliphatic carbocycles. The number of nitrogens with zero attached hydrogens (tertiary/aromatic N) is 3. The zero-order valence-corrected chi connectivity index (χ0v) is 33.5. The maximum absolute atomic E-state index is 14.6. The molecule has 1 aromatic carbocycles. The Morgan fingerprint density at radius 2 is 1.87 bits per heavy atom. The van der Waals surface area contributed by atoms with E-state index < -0.39 is 54.8 Å². The van der Waals surface area contributed by atoms with Crippen LogP contribution in [0.25, 0.3) is 22.3 Å². The van der Waals surface area contributed by atoms with Crippen LogP contribution in [0.1, 0.15) is 73.1 Å². The largest absolute Gasteiger partial charge is 0.497 e. The molecule has 0 radical (unpaired) electrons. The van der Waals surface area contributed by atoms with Crippen molar-refractivity contribution in [1.29, 1.82) is 0 Å². The monoisotopic (exact) mass is 782 g/mol. The van der Waals surface area contributed by atoms with Gasteiger partial charge in [0.05, 0.1) is 24.9 Å². The van der Waals surface area contributed by atoms with Crippen LogP contribution in [0.15, 0.2) is 42.3 Å². The van der Waals surface area contributed by atoms with Crippen molar-refractivity contribution < 1.29 is 38.1 Å². The molecule has 1 saturated heterocycles. The van der Waals surface area contributed by atoms with Gasteiger partial charge < -0.3 is 40.0 Å². The molecule has 3 amide bonds. The highest BCUT2D eigenvalue weighted by atomic mass is 32.1. The lowest BCUT2D eigenvalue weighted by Gasteiger charge is -2.35. The Hall–Kier alpha value is -4.20. The van der Waals surface area contributed by atoms with Crippen LogP contribution in [0, 0.1) is 11.3 Å². The third-order valence-electron chi connectivity index (χ3n) is 10.3. The number of rotatable bonds is 13. The van der Waals surface area contributed by atoms with E-state index in [0.29, 0.717) is 33.8 Å². The van der Waals surface area contributed by atoms with Crippen LogP contribution in [0.2, 0.25) is 0 Å². The number of anilines is 1. The smallest absolute Gasteiger partial charge is 0.408 e. The number of likely N-dealkylation sites (tertiary alicyclic amines) is 1. The molecule has 6 rings (SSSR count). The fraction of sp³-hybridized carbons (Fsp3) is 0.553. The van der Waals surface area contributed by atoms with E-state index >= 15 is 0 Å². The van der Waals surface area contributed by atoms with Gasteiger partial charge in [-0.05, 0) is 63.5 Å². The number of carbonyl (C=O) groups excluding carboxylic acids is 3. The van der Waals surface area contributed by atoms with Crippen molar-refractivity contribution in [2.75, 3.05) is 19.0 Å². The molecule has 16 heteroatoms. The van der Waals surface area contributed by atoms with Gasteiger partial charge in [-0.25, -0.2) is 14.8 Å². The van der Waals surface area contributed by atoms with Crippen LogP contribution in [0.4, 0.5) is 9.93 Å². The summed E-state index contributed by atoms with van der Waals surface area (Å²) >= 11 is 1.46. The van der Waals surface area contributed by atoms with E-state index in [0.717, 1.165) is 30.8 Å². The number of amides is 3. The molecule has 3 heterocycles. The highest BCUT2D eigenvalue weighted by Crippen LogP contribution is 2.58. The second-order valence-corrected chi connectivity index (χ2v) is 18.1. The van der Waals surface area contributed by atoms with Gasteiger partial charge in [-0.1, -0.05) is 26.8 Å². The molecular formula is C38H51N6O8PS. The van der Waals surface area contributed by atoms with Gasteiger partial charge in [0.2, 0.25) is 19.8 Å².